The molecule has 0 spiro atoms. The molecular weight excluding hydrogens is 552 g/mol. The Bertz CT molecular complexity index is 1510. The fourth-order valence-corrected chi connectivity index (χ4v) is 4.73. The van der Waals surface area contributed by atoms with Crippen molar-refractivity contribution in [1.29, 1.82) is 0 Å². The Morgan fingerprint density at radius 3 is 2.53 bits per heavy atom. The summed E-state index contributed by atoms with van der Waals surface area (Å²) in [6.45, 7) is 4.31. The molecule has 0 bridgehead atoms. The first kappa shape index (κ1) is 30.1. The maximum absolute atomic E-state index is 14.4. The van der Waals surface area contributed by atoms with Gasteiger partial charge in [0.25, 0.3) is 5.92 Å². The molecule has 0 radical (unpaired) electrons. The van der Waals surface area contributed by atoms with E-state index in [1.54, 1.807) is 18.2 Å². The number of carbonyl (C=O) groups is 1. The number of fused-ring (bicyclic) bond motifs is 1. The maximum Gasteiger partial charge on any atom is 0.266 e. The van der Waals surface area contributed by atoms with Crippen molar-refractivity contribution in [1.82, 2.24) is 14.9 Å². The lowest BCUT2D eigenvalue weighted by molar-refractivity contribution is -0.112. The molecule has 0 aliphatic carbocycles. The van der Waals surface area contributed by atoms with Gasteiger partial charge in [0.05, 0.1) is 18.7 Å². The number of nitrogens with one attached hydrogen (secondary N) is 2. The van der Waals surface area contributed by atoms with Crippen molar-refractivity contribution in [2.45, 2.75) is 31.8 Å². The summed E-state index contributed by atoms with van der Waals surface area (Å²) in [6, 6.07) is 22.6. The normalized spacial score (nSPS) is 14.2. The quantitative estimate of drug-likeness (QED) is 0.135. The molecule has 1 aliphatic heterocycles. The van der Waals surface area contributed by atoms with Crippen molar-refractivity contribution < 1.29 is 23.0 Å². The van der Waals surface area contributed by atoms with Gasteiger partial charge in [0, 0.05) is 42.3 Å². The second-order valence-electron chi connectivity index (χ2n) is 10.4. The summed E-state index contributed by atoms with van der Waals surface area (Å²) >= 11 is 0. The molecule has 43 heavy (non-hydrogen) atoms. The van der Waals surface area contributed by atoms with Crippen LogP contribution in [0.5, 0.6) is 5.75 Å². The predicted molar refractivity (Wildman–Crippen MR) is 164 cm³/mol. The monoisotopic (exact) mass is 587 g/mol. The summed E-state index contributed by atoms with van der Waals surface area (Å²) < 4.78 is 39.9. The topological polar surface area (TPSA) is 88.6 Å². The first-order valence-corrected chi connectivity index (χ1v) is 14.4. The minimum Gasteiger partial charge on any atom is -0.489 e. The Labute approximate surface area is 249 Å². The van der Waals surface area contributed by atoms with E-state index >= 15 is 0 Å². The van der Waals surface area contributed by atoms with E-state index in [4.69, 9.17) is 9.47 Å². The summed E-state index contributed by atoms with van der Waals surface area (Å²) in [5.74, 6) is -2.42. The van der Waals surface area contributed by atoms with Crippen molar-refractivity contribution in [2.75, 3.05) is 43.5 Å². The SMILES string of the molecule is O=C(C=CC(F)(F)CCCCN1CCOCC1)Nc1ccc2ncnc(Nc3ccc(OCc4ccccc4)cc3)c2c1. The minimum atomic E-state index is -3.06. The Morgan fingerprint density at radius 1 is 0.977 bits per heavy atom. The number of nitrogens with zero attached hydrogens (tertiary/aromatic N) is 3. The molecular formula is C33H35F2N5O3. The van der Waals surface area contributed by atoms with Gasteiger partial charge in [0.15, 0.2) is 0 Å². The third-order valence-corrected chi connectivity index (χ3v) is 7.08. The summed E-state index contributed by atoms with van der Waals surface area (Å²) in [4.78, 5) is 23.4. The van der Waals surface area contributed by atoms with Gasteiger partial charge in [-0.3, -0.25) is 9.69 Å². The van der Waals surface area contributed by atoms with Crippen LogP contribution in [0, 0.1) is 0 Å². The number of alkyl halides is 2. The van der Waals surface area contributed by atoms with Crippen LogP contribution in [0.3, 0.4) is 0 Å². The number of carbonyl (C=O) groups excluding carboxylic acids is 1. The predicted octanol–water partition coefficient (Wildman–Crippen LogP) is 6.58. The number of morpholine rings is 1. The van der Waals surface area contributed by atoms with Crippen LogP contribution in [0.2, 0.25) is 0 Å². The van der Waals surface area contributed by atoms with Crippen molar-refractivity contribution in [3.05, 3.63) is 96.8 Å². The minimum absolute atomic E-state index is 0.302. The number of hydrogen-bond donors (Lipinski definition) is 2. The smallest absolute Gasteiger partial charge is 0.266 e. The lowest BCUT2D eigenvalue weighted by atomic mass is 10.1. The van der Waals surface area contributed by atoms with Gasteiger partial charge in [-0.25, -0.2) is 18.7 Å². The fraction of sp³-hybridized carbons (Fsp3) is 0.303. The van der Waals surface area contributed by atoms with E-state index in [0.29, 0.717) is 61.1 Å². The van der Waals surface area contributed by atoms with E-state index in [9.17, 15) is 13.6 Å². The van der Waals surface area contributed by atoms with Gasteiger partial charge in [-0.15, -0.1) is 0 Å². The molecule has 2 heterocycles. The van der Waals surface area contributed by atoms with Crippen molar-refractivity contribution in [3.8, 4) is 5.75 Å². The van der Waals surface area contributed by atoms with Gasteiger partial charge in [-0.05, 0) is 73.5 Å². The van der Waals surface area contributed by atoms with Gasteiger partial charge < -0.3 is 20.1 Å². The zero-order valence-electron chi connectivity index (χ0n) is 23.8. The van der Waals surface area contributed by atoms with E-state index in [-0.39, 0.29) is 6.42 Å². The van der Waals surface area contributed by atoms with Crippen LogP contribution in [0.25, 0.3) is 10.9 Å². The summed E-state index contributed by atoms with van der Waals surface area (Å²) in [7, 11) is 0. The number of benzene rings is 3. The van der Waals surface area contributed by atoms with Gasteiger partial charge in [0.2, 0.25) is 5.91 Å². The molecule has 0 atom stereocenters. The Morgan fingerprint density at radius 2 is 1.74 bits per heavy atom. The number of halogens is 2. The maximum atomic E-state index is 14.4. The van der Waals surface area contributed by atoms with Crippen molar-refractivity contribution in [2.24, 2.45) is 0 Å². The van der Waals surface area contributed by atoms with Crippen LogP contribution >= 0.6 is 0 Å². The Kier molecular flexibility index (Phi) is 10.2. The largest absolute Gasteiger partial charge is 0.489 e. The number of amides is 1. The van der Waals surface area contributed by atoms with Gasteiger partial charge in [-0.1, -0.05) is 30.3 Å². The Hall–Kier alpha value is -4.41. The van der Waals surface area contributed by atoms with Crippen LogP contribution in [-0.2, 0) is 16.1 Å². The van der Waals surface area contributed by atoms with Gasteiger partial charge in [0.1, 0.15) is 24.5 Å². The molecule has 4 aromatic rings. The molecule has 2 N–H and O–H groups in total. The van der Waals surface area contributed by atoms with Crippen LogP contribution in [0.4, 0.5) is 26.0 Å². The average molecular weight is 588 g/mol. The number of unbranched alkanes of at least 4 members (excludes halogenated alkanes) is 1. The van der Waals surface area contributed by atoms with E-state index in [2.05, 4.69) is 25.5 Å². The highest BCUT2D eigenvalue weighted by molar-refractivity contribution is 6.02. The number of allylic oxidation sites excluding steroid dienone is 1. The zero-order chi connectivity index (χ0) is 29.9. The van der Waals surface area contributed by atoms with Crippen LogP contribution < -0.4 is 15.4 Å². The first-order valence-electron chi connectivity index (χ1n) is 14.4. The van der Waals surface area contributed by atoms with Crippen LogP contribution in [-0.4, -0.2) is 59.5 Å². The number of ether oxygens (including phenoxy) is 2. The van der Waals surface area contributed by atoms with Crippen molar-refractivity contribution >= 4 is 34.0 Å². The molecule has 1 saturated heterocycles. The summed E-state index contributed by atoms with van der Waals surface area (Å²) in [6.07, 6.45) is 3.78. The van der Waals surface area contributed by atoms with Gasteiger partial charge >= 0.3 is 0 Å². The second-order valence-corrected chi connectivity index (χ2v) is 10.4. The number of rotatable bonds is 13. The molecule has 1 aromatic heterocycles. The Balaban J connectivity index is 1.15. The molecule has 0 unspecified atom stereocenters. The average Bonchev–Trinajstić information content (AvgIpc) is 3.03. The molecule has 1 fully saturated rings. The highest BCUT2D eigenvalue weighted by Gasteiger charge is 2.25. The fourth-order valence-electron chi connectivity index (χ4n) is 4.73. The van der Waals surface area contributed by atoms with Crippen LogP contribution in [0.15, 0.2) is 91.3 Å². The van der Waals surface area contributed by atoms with E-state index < -0.39 is 11.8 Å². The third-order valence-electron chi connectivity index (χ3n) is 7.08. The van der Waals surface area contributed by atoms with E-state index in [0.717, 1.165) is 42.7 Å². The number of hydrogen-bond acceptors (Lipinski definition) is 7. The molecule has 224 valence electrons. The first-order chi connectivity index (χ1) is 20.9. The second kappa shape index (κ2) is 14.7. The molecule has 0 saturated carbocycles. The van der Waals surface area contributed by atoms with E-state index in [1.807, 2.05) is 54.6 Å². The molecule has 1 aliphatic rings. The standard InChI is InChI=1S/C33H35F2N5O3/c34-33(35,15-4-5-17-40-18-20-42-21-19-40)16-14-31(41)38-27-10-13-30-29(22-27)32(37-24-36-30)39-26-8-11-28(12-9-26)43-23-25-6-2-1-3-7-25/h1-3,6-14,16,22,24H,4-5,15,17-21,23H2,(H,38,41)(H,36,37,39). The number of anilines is 3. The molecule has 8 nitrogen and oxygen atoms in total. The summed E-state index contributed by atoms with van der Waals surface area (Å²) in [5.41, 5.74) is 2.98. The zero-order valence-corrected chi connectivity index (χ0v) is 23.8. The highest BCUT2D eigenvalue weighted by atomic mass is 19.3. The molecule has 1 amide bonds. The molecule has 5 rings (SSSR count). The summed E-state index contributed by atoms with van der Waals surface area (Å²) in [5, 5.41) is 6.61. The van der Waals surface area contributed by atoms with Crippen LogP contribution in [0.1, 0.15) is 24.8 Å². The lowest BCUT2D eigenvalue weighted by Crippen LogP contribution is -2.36. The van der Waals surface area contributed by atoms with Crippen molar-refractivity contribution in [3.63, 3.8) is 0 Å². The third kappa shape index (κ3) is 9.29. The molecule has 3 aromatic carbocycles. The molecule has 10 heteroatoms. The lowest BCUT2D eigenvalue weighted by Gasteiger charge is -2.26. The van der Waals surface area contributed by atoms with Gasteiger partial charge in [-0.2, -0.15) is 0 Å². The highest BCUT2D eigenvalue weighted by Crippen LogP contribution is 2.27. The van der Waals surface area contributed by atoms with E-state index in [1.165, 1.54) is 6.33 Å². The number of aromatic nitrogens is 2.